The number of likely N-dealkylation sites (N-methyl/N-ethyl adjacent to an activating group) is 2. The third kappa shape index (κ3) is 4.11. The number of hydrogen-bond acceptors (Lipinski definition) is 2. The predicted molar refractivity (Wildman–Crippen MR) is 80.1 cm³/mol. The van der Waals surface area contributed by atoms with E-state index in [0.717, 1.165) is 13.1 Å². The number of benzene rings is 1. The molecule has 0 spiro atoms. The molecule has 2 nitrogen and oxygen atoms in total. The molecular formula is C16H28N2. The average molecular weight is 248 g/mol. The van der Waals surface area contributed by atoms with Gasteiger partial charge in [-0.05, 0) is 58.0 Å². The second-order valence-electron chi connectivity index (χ2n) is 5.49. The number of hydrogen-bond donors (Lipinski definition) is 1. The van der Waals surface area contributed by atoms with Gasteiger partial charge in [0.05, 0.1) is 0 Å². The highest BCUT2D eigenvalue weighted by atomic mass is 15.1. The Kier molecular flexibility index (Phi) is 5.83. The van der Waals surface area contributed by atoms with E-state index >= 15 is 0 Å². The average Bonchev–Trinajstić information content (AvgIpc) is 2.32. The van der Waals surface area contributed by atoms with E-state index in [1.165, 1.54) is 16.7 Å². The van der Waals surface area contributed by atoms with Gasteiger partial charge in [0.1, 0.15) is 0 Å². The van der Waals surface area contributed by atoms with Crippen molar-refractivity contribution in [3.8, 4) is 0 Å². The molecule has 1 aromatic rings. The lowest BCUT2D eigenvalue weighted by molar-refractivity contribution is 0.243. The van der Waals surface area contributed by atoms with Crippen molar-refractivity contribution in [3.63, 3.8) is 0 Å². The molecule has 2 heteroatoms. The van der Waals surface area contributed by atoms with E-state index in [1.807, 2.05) is 0 Å². The van der Waals surface area contributed by atoms with Crippen LogP contribution >= 0.6 is 0 Å². The fraction of sp³-hybridized carbons (Fsp3) is 0.625. The molecule has 1 unspecified atom stereocenters. The summed E-state index contributed by atoms with van der Waals surface area (Å²) in [4.78, 5) is 2.39. The summed E-state index contributed by atoms with van der Waals surface area (Å²) in [6, 6.07) is 7.80. The van der Waals surface area contributed by atoms with Crippen molar-refractivity contribution in [1.82, 2.24) is 10.2 Å². The summed E-state index contributed by atoms with van der Waals surface area (Å²) < 4.78 is 0. The Bertz CT molecular complexity index is 371. The molecule has 0 saturated carbocycles. The van der Waals surface area contributed by atoms with E-state index in [1.54, 1.807) is 0 Å². The zero-order valence-corrected chi connectivity index (χ0v) is 12.7. The first-order chi connectivity index (χ1) is 8.45. The van der Waals surface area contributed by atoms with Crippen LogP contribution in [0.25, 0.3) is 0 Å². The Morgan fingerprint density at radius 2 is 1.83 bits per heavy atom. The van der Waals surface area contributed by atoms with Gasteiger partial charge in [0, 0.05) is 18.6 Å². The predicted octanol–water partition coefficient (Wildman–Crippen LogP) is 3.29. The molecule has 0 aliphatic carbocycles. The molecule has 0 aliphatic rings. The van der Waals surface area contributed by atoms with Crippen molar-refractivity contribution in [1.29, 1.82) is 0 Å². The van der Waals surface area contributed by atoms with Gasteiger partial charge in [0.15, 0.2) is 0 Å². The number of rotatable bonds is 6. The van der Waals surface area contributed by atoms with Crippen LogP contribution in [0.1, 0.15) is 43.5 Å². The van der Waals surface area contributed by atoms with Gasteiger partial charge in [0.25, 0.3) is 0 Å². The highest BCUT2D eigenvalue weighted by Crippen LogP contribution is 2.18. The van der Waals surface area contributed by atoms with Crippen molar-refractivity contribution < 1.29 is 0 Å². The molecule has 0 fully saturated rings. The fourth-order valence-corrected chi connectivity index (χ4v) is 2.01. The maximum atomic E-state index is 3.59. The molecule has 102 valence electrons. The van der Waals surface area contributed by atoms with Gasteiger partial charge in [-0.3, -0.25) is 0 Å². The van der Waals surface area contributed by atoms with Gasteiger partial charge >= 0.3 is 0 Å². The zero-order valence-electron chi connectivity index (χ0n) is 12.7. The van der Waals surface area contributed by atoms with Crippen LogP contribution in [0.3, 0.4) is 0 Å². The molecule has 1 rings (SSSR count). The van der Waals surface area contributed by atoms with E-state index in [-0.39, 0.29) is 0 Å². The molecule has 1 atom stereocenters. The summed E-state index contributed by atoms with van der Waals surface area (Å²) in [5.41, 5.74) is 4.14. The minimum atomic E-state index is 0.418. The minimum absolute atomic E-state index is 0.418. The van der Waals surface area contributed by atoms with Crippen molar-refractivity contribution in [3.05, 3.63) is 34.9 Å². The summed E-state index contributed by atoms with van der Waals surface area (Å²) in [6.07, 6.45) is 0. The lowest BCUT2D eigenvalue weighted by Gasteiger charge is -2.28. The van der Waals surface area contributed by atoms with Crippen LogP contribution in [0.4, 0.5) is 0 Å². The largest absolute Gasteiger partial charge is 0.309 e. The smallest absolute Gasteiger partial charge is 0.0449 e. The van der Waals surface area contributed by atoms with Gasteiger partial charge in [-0.1, -0.05) is 25.1 Å². The van der Waals surface area contributed by atoms with Crippen LogP contribution in [-0.2, 0) is 0 Å². The summed E-state index contributed by atoms with van der Waals surface area (Å²) in [5.74, 6) is 0. The molecule has 18 heavy (non-hydrogen) atoms. The molecular weight excluding hydrogens is 220 g/mol. The standard InChI is InChI=1S/C16H28N2/c1-7-17-16(11-18(6)12(2)3)15-9-8-13(4)14(5)10-15/h8-10,12,16-17H,7,11H2,1-6H3. The Morgan fingerprint density at radius 3 is 2.33 bits per heavy atom. The van der Waals surface area contributed by atoms with E-state index in [0.29, 0.717) is 12.1 Å². The van der Waals surface area contributed by atoms with Gasteiger partial charge in [-0.2, -0.15) is 0 Å². The topological polar surface area (TPSA) is 15.3 Å². The summed E-state index contributed by atoms with van der Waals surface area (Å²) in [5, 5.41) is 3.59. The third-order valence-electron chi connectivity index (χ3n) is 3.74. The van der Waals surface area contributed by atoms with E-state index in [9.17, 15) is 0 Å². The van der Waals surface area contributed by atoms with Crippen LogP contribution in [0, 0.1) is 13.8 Å². The Morgan fingerprint density at radius 1 is 1.17 bits per heavy atom. The highest BCUT2D eigenvalue weighted by molar-refractivity contribution is 5.31. The molecule has 0 bridgehead atoms. The lowest BCUT2D eigenvalue weighted by atomic mass is 10.0. The number of nitrogens with one attached hydrogen (secondary N) is 1. The number of aryl methyl sites for hydroxylation is 2. The lowest BCUT2D eigenvalue weighted by Crippen LogP contribution is -2.36. The van der Waals surface area contributed by atoms with Crippen LogP contribution in [-0.4, -0.2) is 31.1 Å². The number of nitrogens with zero attached hydrogens (tertiary/aromatic N) is 1. The highest BCUT2D eigenvalue weighted by Gasteiger charge is 2.15. The van der Waals surface area contributed by atoms with Crippen LogP contribution < -0.4 is 5.32 Å². The Balaban J connectivity index is 2.86. The monoisotopic (exact) mass is 248 g/mol. The normalized spacial score (nSPS) is 13.3. The van der Waals surface area contributed by atoms with Crippen molar-refractivity contribution >= 4 is 0 Å². The Labute approximate surface area is 112 Å². The van der Waals surface area contributed by atoms with Crippen molar-refractivity contribution in [2.45, 2.75) is 46.7 Å². The first kappa shape index (κ1) is 15.2. The van der Waals surface area contributed by atoms with Gasteiger partial charge < -0.3 is 10.2 Å². The molecule has 1 N–H and O–H groups in total. The molecule has 0 saturated heterocycles. The maximum Gasteiger partial charge on any atom is 0.0449 e. The minimum Gasteiger partial charge on any atom is -0.309 e. The van der Waals surface area contributed by atoms with Crippen LogP contribution in [0.2, 0.25) is 0 Å². The molecule has 0 amide bonds. The molecule has 0 aliphatic heterocycles. The maximum absolute atomic E-state index is 3.59. The van der Waals surface area contributed by atoms with Gasteiger partial charge in [0.2, 0.25) is 0 Å². The van der Waals surface area contributed by atoms with Crippen LogP contribution in [0.5, 0.6) is 0 Å². The third-order valence-corrected chi connectivity index (χ3v) is 3.74. The summed E-state index contributed by atoms with van der Waals surface area (Å²) >= 11 is 0. The second-order valence-corrected chi connectivity index (χ2v) is 5.49. The quantitative estimate of drug-likeness (QED) is 0.831. The SMILES string of the molecule is CCNC(CN(C)C(C)C)c1ccc(C)c(C)c1. The molecule has 0 aromatic heterocycles. The van der Waals surface area contributed by atoms with Gasteiger partial charge in [-0.25, -0.2) is 0 Å². The summed E-state index contributed by atoms with van der Waals surface area (Å²) in [6.45, 7) is 13.1. The van der Waals surface area contributed by atoms with Crippen molar-refractivity contribution in [2.24, 2.45) is 0 Å². The first-order valence-corrected chi connectivity index (χ1v) is 6.96. The Hall–Kier alpha value is -0.860. The van der Waals surface area contributed by atoms with Crippen molar-refractivity contribution in [2.75, 3.05) is 20.1 Å². The zero-order chi connectivity index (χ0) is 13.7. The first-order valence-electron chi connectivity index (χ1n) is 6.96. The molecule has 0 heterocycles. The van der Waals surface area contributed by atoms with Crippen LogP contribution in [0.15, 0.2) is 18.2 Å². The second kappa shape index (κ2) is 6.91. The van der Waals surface area contributed by atoms with E-state index < -0.39 is 0 Å². The van der Waals surface area contributed by atoms with Gasteiger partial charge in [-0.15, -0.1) is 0 Å². The van der Waals surface area contributed by atoms with E-state index in [2.05, 4.69) is 70.1 Å². The molecule has 0 radical (unpaired) electrons. The molecule has 1 aromatic carbocycles. The fourth-order valence-electron chi connectivity index (χ4n) is 2.01. The summed E-state index contributed by atoms with van der Waals surface area (Å²) in [7, 11) is 2.19. The van der Waals surface area contributed by atoms with E-state index in [4.69, 9.17) is 0 Å².